The summed E-state index contributed by atoms with van der Waals surface area (Å²) in [7, 11) is 6.98. The zero-order valence-corrected chi connectivity index (χ0v) is 19.8. The number of amides is 1. The molecule has 138 valence electrons. The fourth-order valence-corrected chi connectivity index (χ4v) is 4.01. The van der Waals surface area contributed by atoms with E-state index in [0.29, 0.717) is 24.4 Å². The molecule has 2 aliphatic heterocycles. The van der Waals surface area contributed by atoms with E-state index in [2.05, 4.69) is 39.9 Å². The third-order valence-corrected chi connectivity index (χ3v) is 6.56. The van der Waals surface area contributed by atoms with Crippen molar-refractivity contribution in [2.24, 2.45) is 0 Å². The lowest BCUT2D eigenvalue weighted by molar-refractivity contribution is -0.948. The van der Waals surface area contributed by atoms with Gasteiger partial charge < -0.3 is 61.8 Å². The lowest BCUT2D eigenvalue weighted by Crippen LogP contribution is -3.00. The molecule has 2 aliphatic rings. The van der Waals surface area contributed by atoms with Crippen molar-refractivity contribution in [1.29, 1.82) is 0 Å². The van der Waals surface area contributed by atoms with Gasteiger partial charge in [-0.15, -0.1) is 0 Å². The third kappa shape index (κ3) is 5.41. The number of piperazine rings is 1. The van der Waals surface area contributed by atoms with E-state index in [0.717, 1.165) is 41.7 Å². The molecule has 23 heavy (non-hydrogen) atoms. The highest BCUT2D eigenvalue weighted by Gasteiger charge is 2.46. The van der Waals surface area contributed by atoms with Crippen molar-refractivity contribution in [1.82, 2.24) is 4.90 Å². The Kier molecular flexibility index (Phi) is 9.87. The Bertz CT molecular complexity index is 370. The van der Waals surface area contributed by atoms with E-state index in [4.69, 9.17) is 0 Å². The number of halogens is 2. The minimum Gasteiger partial charge on any atom is -1.00 e. The van der Waals surface area contributed by atoms with Crippen LogP contribution in [0.15, 0.2) is 0 Å². The Balaban J connectivity index is 0.00000242. The summed E-state index contributed by atoms with van der Waals surface area (Å²) >= 11 is 0. The second-order valence-corrected chi connectivity index (χ2v) is 7.89. The molecule has 2 bridgehead atoms. The van der Waals surface area contributed by atoms with Crippen LogP contribution in [0.25, 0.3) is 0 Å². The van der Waals surface area contributed by atoms with Crippen LogP contribution in [0.4, 0.5) is 0 Å². The average molecular weight is 551 g/mol. The maximum Gasteiger partial charge on any atom is 0.228 e. The Morgan fingerprint density at radius 3 is 2.00 bits per heavy atom. The predicted molar refractivity (Wildman–Crippen MR) is 86.9 cm³/mol. The summed E-state index contributed by atoms with van der Waals surface area (Å²) in [5.74, 6) is 0.387. The van der Waals surface area contributed by atoms with Gasteiger partial charge in [0.1, 0.15) is 12.1 Å². The van der Waals surface area contributed by atoms with Crippen LogP contribution in [-0.4, -0.2) is 85.7 Å². The number of rotatable bonds is 5. The fourth-order valence-electron chi connectivity index (χ4n) is 4.01. The minimum absolute atomic E-state index is 0. The zero-order valence-electron chi connectivity index (χ0n) is 15.5. The number of hydrogen-bond acceptors (Lipinski definition) is 1. The molecule has 2 atom stereocenters. The van der Waals surface area contributed by atoms with Gasteiger partial charge in [-0.1, -0.05) is 0 Å². The molecule has 0 saturated carbocycles. The maximum absolute atomic E-state index is 12.6. The quantitative estimate of drug-likeness (QED) is 0.251. The molecular weight excluding hydrogens is 516 g/mol. The predicted octanol–water partition coefficient (Wildman–Crippen LogP) is -4.29. The zero-order chi connectivity index (χ0) is 15.7. The van der Waals surface area contributed by atoms with Crippen LogP contribution < -0.4 is 48.0 Å². The summed E-state index contributed by atoms with van der Waals surface area (Å²) in [6, 6.07) is 1.30. The Morgan fingerprint density at radius 2 is 1.57 bits per heavy atom. The van der Waals surface area contributed by atoms with E-state index in [9.17, 15) is 4.79 Å². The lowest BCUT2D eigenvalue weighted by Gasteiger charge is -2.54. The number of carbonyl (C=O) groups excluding carboxylic acids is 1. The van der Waals surface area contributed by atoms with Gasteiger partial charge in [-0.3, -0.25) is 4.79 Å². The number of quaternary nitrogens is 2. The lowest BCUT2D eigenvalue weighted by atomic mass is 9.89. The second-order valence-electron chi connectivity index (χ2n) is 7.89. The number of piperidine rings is 1. The molecule has 2 heterocycles. The molecule has 2 rings (SSSR count). The van der Waals surface area contributed by atoms with Crippen molar-refractivity contribution in [3.63, 3.8) is 0 Å². The maximum atomic E-state index is 12.6. The SMILES string of the molecule is CC[N+](C)(CC)CCC(=O)N1CC2CCCC(C1)[N+]2(C)C.[I-].[I-]. The van der Waals surface area contributed by atoms with Gasteiger partial charge in [-0.25, -0.2) is 0 Å². The third-order valence-electron chi connectivity index (χ3n) is 6.56. The Hall–Kier alpha value is 0.850. The van der Waals surface area contributed by atoms with E-state index in [1.165, 1.54) is 19.3 Å². The summed E-state index contributed by atoms with van der Waals surface area (Å²) in [6.07, 6.45) is 4.63. The standard InChI is InChI=1S/C17H35N3O.2HI/c1-6-20(5,7-2)12-11-17(21)18-13-15-9-8-10-16(14-18)19(15,3)4;;/h15-16H,6-14H2,1-5H3;2*1H/q+2;;/p-2. The summed E-state index contributed by atoms with van der Waals surface area (Å²) in [5.41, 5.74) is 0. The van der Waals surface area contributed by atoms with Crippen molar-refractivity contribution < 1.29 is 61.7 Å². The number of likely N-dealkylation sites (N-methyl/N-ethyl adjacent to an activating group) is 1. The first-order chi connectivity index (χ1) is 9.82. The van der Waals surface area contributed by atoms with Gasteiger partial charge in [0, 0.05) is 12.8 Å². The van der Waals surface area contributed by atoms with Crippen molar-refractivity contribution in [3.05, 3.63) is 0 Å². The molecule has 0 aromatic carbocycles. The molecule has 0 aliphatic carbocycles. The highest BCUT2D eigenvalue weighted by Crippen LogP contribution is 2.32. The van der Waals surface area contributed by atoms with Crippen molar-refractivity contribution in [3.8, 4) is 0 Å². The first-order valence-electron chi connectivity index (χ1n) is 8.77. The molecule has 4 nitrogen and oxygen atoms in total. The number of hydrogen-bond donors (Lipinski definition) is 0. The smallest absolute Gasteiger partial charge is 0.228 e. The van der Waals surface area contributed by atoms with Crippen LogP contribution in [0, 0.1) is 0 Å². The van der Waals surface area contributed by atoms with Gasteiger partial charge in [0.05, 0.1) is 60.3 Å². The summed E-state index contributed by atoms with van der Waals surface area (Å²) in [4.78, 5) is 14.8. The van der Waals surface area contributed by atoms with Crippen LogP contribution in [0.1, 0.15) is 39.5 Å². The van der Waals surface area contributed by atoms with Crippen molar-refractivity contribution in [2.75, 3.05) is 53.9 Å². The number of fused-ring (bicyclic) bond motifs is 2. The van der Waals surface area contributed by atoms with Gasteiger partial charge in [-0.2, -0.15) is 0 Å². The van der Waals surface area contributed by atoms with E-state index in [-0.39, 0.29) is 48.0 Å². The first-order valence-corrected chi connectivity index (χ1v) is 8.77. The summed E-state index contributed by atoms with van der Waals surface area (Å²) in [5, 5.41) is 0. The minimum atomic E-state index is 0. The molecular formula is C17H35I2N3O. The Labute approximate surface area is 177 Å². The Morgan fingerprint density at radius 1 is 1.09 bits per heavy atom. The molecule has 2 fully saturated rings. The molecule has 2 unspecified atom stereocenters. The second kappa shape index (κ2) is 9.52. The van der Waals surface area contributed by atoms with Crippen molar-refractivity contribution >= 4 is 5.91 Å². The molecule has 6 heteroatoms. The van der Waals surface area contributed by atoms with Gasteiger partial charge >= 0.3 is 0 Å². The largest absolute Gasteiger partial charge is 1.00 e. The fraction of sp³-hybridized carbons (Fsp3) is 0.941. The van der Waals surface area contributed by atoms with Crippen LogP contribution >= 0.6 is 0 Å². The van der Waals surface area contributed by atoms with Crippen LogP contribution in [0.2, 0.25) is 0 Å². The molecule has 0 N–H and O–H groups in total. The van der Waals surface area contributed by atoms with Crippen LogP contribution in [0.3, 0.4) is 0 Å². The molecule has 0 aromatic heterocycles. The van der Waals surface area contributed by atoms with Crippen LogP contribution in [0.5, 0.6) is 0 Å². The molecule has 1 amide bonds. The normalized spacial score (nSPS) is 26.0. The highest BCUT2D eigenvalue weighted by molar-refractivity contribution is 5.76. The van der Waals surface area contributed by atoms with Gasteiger partial charge in [0.25, 0.3) is 0 Å². The van der Waals surface area contributed by atoms with E-state index in [1.54, 1.807) is 0 Å². The number of carbonyl (C=O) groups is 1. The van der Waals surface area contributed by atoms with E-state index >= 15 is 0 Å². The summed E-state index contributed by atoms with van der Waals surface area (Å²) in [6.45, 7) is 9.60. The van der Waals surface area contributed by atoms with Gasteiger partial charge in [0.15, 0.2) is 0 Å². The monoisotopic (exact) mass is 551 g/mol. The summed E-state index contributed by atoms with van der Waals surface area (Å²) < 4.78 is 2.13. The molecule has 0 spiro atoms. The molecule has 0 radical (unpaired) electrons. The van der Waals surface area contributed by atoms with Crippen LogP contribution in [-0.2, 0) is 4.79 Å². The highest BCUT2D eigenvalue weighted by atomic mass is 127. The first kappa shape index (κ1) is 23.9. The molecule has 0 aromatic rings. The van der Waals surface area contributed by atoms with Gasteiger partial charge in [-0.05, 0) is 20.3 Å². The van der Waals surface area contributed by atoms with Gasteiger partial charge in [0.2, 0.25) is 5.91 Å². The number of nitrogens with zero attached hydrogens (tertiary/aromatic N) is 3. The number of likely N-dealkylation sites (tertiary alicyclic amines) is 1. The topological polar surface area (TPSA) is 20.3 Å². The van der Waals surface area contributed by atoms with E-state index in [1.807, 2.05) is 0 Å². The van der Waals surface area contributed by atoms with E-state index < -0.39 is 0 Å². The van der Waals surface area contributed by atoms with Crippen molar-refractivity contribution in [2.45, 2.75) is 51.6 Å². The average Bonchev–Trinajstić information content (AvgIpc) is 2.43. The molecule has 2 saturated heterocycles.